The number of likely N-dealkylation sites (tertiary alicyclic amines) is 1. The van der Waals surface area contributed by atoms with Crippen molar-refractivity contribution in [2.75, 3.05) is 13.1 Å². The number of nitrogens with zero attached hydrogens (tertiary/aromatic N) is 4. The van der Waals surface area contributed by atoms with Gasteiger partial charge in [0.2, 0.25) is 0 Å². The van der Waals surface area contributed by atoms with E-state index in [0.29, 0.717) is 17.9 Å². The fourth-order valence-corrected chi connectivity index (χ4v) is 3.12. The Morgan fingerprint density at radius 2 is 2.05 bits per heavy atom. The van der Waals surface area contributed by atoms with E-state index in [0.717, 1.165) is 30.9 Å². The van der Waals surface area contributed by atoms with Crippen LogP contribution in [0.15, 0.2) is 30.7 Å². The van der Waals surface area contributed by atoms with Gasteiger partial charge in [0.25, 0.3) is 0 Å². The van der Waals surface area contributed by atoms with E-state index in [-0.39, 0.29) is 0 Å². The van der Waals surface area contributed by atoms with Gasteiger partial charge in [0.1, 0.15) is 5.60 Å². The third-order valence-corrected chi connectivity index (χ3v) is 4.57. The highest BCUT2D eigenvalue weighted by molar-refractivity contribution is 6.31. The summed E-state index contributed by atoms with van der Waals surface area (Å²) in [7, 11) is 1.87. The maximum atomic E-state index is 10.8. The molecule has 0 aromatic carbocycles. The number of rotatable bonds is 3. The highest BCUT2D eigenvalue weighted by atomic mass is 35.5. The van der Waals surface area contributed by atoms with Gasteiger partial charge in [0.15, 0.2) is 0 Å². The standard InChI is InChI=1S/C15H19ClN4O/c1-19-14(3-7-18-19)15(21)4-8-20(9-5-15)11-12-2-6-17-10-13(12)16/h2-3,6-7,10,21H,4-5,8-9,11H2,1H3. The summed E-state index contributed by atoms with van der Waals surface area (Å²) in [6.07, 6.45) is 6.57. The number of piperidine rings is 1. The minimum Gasteiger partial charge on any atom is -0.383 e. The first kappa shape index (κ1) is 14.5. The Morgan fingerprint density at radius 3 is 2.67 bits per heavy atom. The molecule has 3 rings (SSSR count). The first-order valence-corrected chi connectivity index (χ1v) is 7.48. The van der Waals surface area contributed by atoms with Crippen molar-refractivity contribution in [1.82, 2.24) is 19.7 Å². The number of aryl methyl sites for hydroxylation is 1. The molecule has 0 spiro atoms. The molecule has 1 saturated heterocycles. The average Bonchev–Trinajstić information content (AvgIpc) is 2.91. The molecular weight excluding hydrogens is 288 g/mol. The van der Waals surface area contributed by atoms with Crippen LogP contribution in [0.4, 0.5) is 0 Å². The van der Waals surface area contributed by atoms with E-state index >= 15 is 0 Å². The summed E-state index contributed by atoms with van der Waals surface area (Å²) >= 11 is 6.15. The molecule has 0 aliphatic carbocycles. The monoisotopic (exact) mass is 306 g/mol. The van der Waals surface area contributed by atoms with E-state index in [2.05, 4.69) is 15.0 Å². The lowest BCUT2D eigenvalue weighted by atomic mass is 9.88. The lowest BCUT2D eigenvalue weighted by molar-refractivity contribution is -0.0337. The van der Waals surface area contributed by atoms with Crippen LogP contribution in [-0.4, -0.2) is 37.9 Å². The predicted octanol–water partition coefficient (Wildman–Crippen LogP) is 1.95. The summed E-state index contributed by atoms with van der Waals surface area (Å²) in [6, 6.07) is 3.85. The molecule has 0 amide bonds. The molecule has 0 unspecified atom stereocenters. The van der Waals surface area contributed by atoms with Gasteiger partial charge in [0, 0.05) is 45.3 Å². The van der Waals surface area contributed by atoms with E-state index in [1.54, 1.807) is 23.3 Å². The van der Waals surface area contributed by atoms with Gasteiger partial charge < -0.3 is 5.11 Å². The molecule has 3 heterocycles. The Bertz CT molecular complexity index is 620. The molecule has 0 atom stereocenters. The molecule has 5 nitrogen and oxygen atoms in total. The van der Waals surface area contributed by atoms with Gasteiger partial charge in [-0.25, -0.2) is 0 Å². The van der Waals surface area contributed by atoms with Gasteiger partial charge in [-0.2, -0.15) is 5.10 Å². The molecule has 1 N–H and O–H groups in total. The first-order chi connectivity index (χ1) is 10.1. The SMILES string of the molecule is Cn1nccc1C1(O)CCN(Cc2ccncc2Cl)CC1. The van der Waals surface area contributed by atoms with Crippen LogP contribution >= 0.6 is 11.6 Å². The molecule has 2 aromatic rings. The summed E-state index contributed by atoms with van der Waals surface area (Å²) < 4.78 is 1.76. The average molecular weight is 307 g/mol. The van der Waals surface area contributed by atoms with Crippen LogP contribution in [0.5, 0.6) is 0 Å². The van der Waals surface area contributed by atoms with Crippen molar-refractivity contribution >= 4 is 11.6 Å². The minimum absolute atomic E-state index is 0.699. The van der Waals surface area contributed by atoms with E-state index in [1.807, 2.05) is 19.2 Å². The Balaban J connectivity index is 1.66. The van der Waals surface area contributed by atoms with Crippen molar-refractivity contribution in [3.8, 4) is 0 Å². The van der Waals surface area contributed by atoms with Crippen molar-refractivity contribution in [2.45, 2.75) is 25.0 Å². The maximum absolute atomic E-state index is 10.8. The second-order valence-corrected chi connectivity index (χ2v) is 6.02. The molecule has 112 valence electrons. The smallest absolute Gasteiger partial charge is 0.109 e. The van der Waals surface area contributed by atoms with Gasteiger partial charge >= 0.3 is 0 Å². The van der Waals surface area contributed by atoms with Crippen molar-refractivity contribution in [2.24, 2.45) is 7.05 Å². The minimum atomic E-state index is -0.774. The fourth-order valence-electron chi connectivity index (χ4n) is 2.94. The van der Waals surface area contributed by atoms with Gasteiger partial charge in [0.05, 0.1) is 10.7 Å². The zero-order valence-electron chi connectivity index (χ0n) is 12.0. The lowest BCUT2D eigenvalue weighted by Crippen LogP contribution is -2.43. The topological polar surface area (TPSA) is 54.2 Å². The molecule has 0 radical (unpaired) electrons. The molecule has 6 heteroatoms. The molecule has 0 saturated carbocycles. The quantitative estimate of drug-likeness (QED) is 0.942. The number of aliphatic hydroxyl groups is 1. The number of hydrogen-bond donors (Lipinski definition) is 1. The molecule has 2 aromatic heterocycles. The third kappa shape index (κ3) is 2.95. The van der Waals surface area contributed by atoms with Crippen LogP contribution < -0.4 is 0 Å². The zero-order valence-corrected chi connectivity index (χ0v) is 12.8. The largest absolute Gasteiger partial charge is 0.383 e. The van der Waals surface area contributed by atoms with Crippen molar-refractivity contribution in [3.05, 3.63) is 47.0 Å². The first-order valence-electron chi connectivity index (χ1n) is 7.10. The molecule has 21 heavy (non-hydrogen) atoms. The summed E-state index contributed by atoms with van der Waals surface area (Å²) in [5.74, 6) is 0. The van der Waals surface area contributed by atoms with Crippen LogP contribution in [0.25, 0.3) is 0 Å². The van der Waals surface area contributed by atoms with Crippen molar-refractivity contribution < 1.29 is 5.11 Å². The van der Waals surface area contributed by atoms with E-state index < -0.39 is 5.60 Å². The summed E-state index contributed by atoms with van der Waals surface area (Å²) in [4.78, 5) is 6.32. The summed E-state index contributed by atoms with van der Waals surface area (Å²) in [6.45, 7) is 2.46. The Kier molecular flexibility index (Phi) is 3.97. The van der Waals surface area contributed by atoms with E-state index in [9.17, 15) is 5.11 Å². The predicted molar refractivity (Wildman–Crippen MR) is 80.9 cm³/mol. The molecule has 0 bridgehead atoms. The normalized spacial score (nSPS) is 18.8. The lowest BCUT2D eigenvalue weighted by Gasteiger charge is -2.38. The van der Waals surface area contributed by atoms with Gasteiger partial charge in [-0.15, -0.1) is 0 Å². The molecule has 1 aliphatic heterocycles. The van der Waals surface area contributed by atoms with Gasteiger partial charge in [-0.3, -0.25) is 14.6 Å². The second kappa shape index (κ2) is 5.75. The zero-order chi connectivity index (χ0) is 14.9. The van der Waals surface area contributed by atoms with Gasteiger partial charge in [-0.1, -0.05) is 11.6 Å². The highest BCUT2D eigenvalue weighted by Gasteiger charge is 2.36. The molecular formula is C15H19ClN4O. The summed E-state index contributed by atoms with van der Waals surface area (Å²) in [5.41, 5.74) is 1.20. The highest BCUT2D eigenvalue weighted by Crippen LogP contribution is 2.33. The maximum Gasteiger partial charge on any atom is 0.109 e. The summed E-state index contributed by atoms with van der Waals surface area (Å²) in [5, 5.41) is 15.7. The number of hydrogen-bond acceptors (Lipinski definition) is 4. The third-order valence-electron chi connectivity index (χ3n) is 4.23. The number of aromatic nitrogens is 3. The Labute approximate surface area is 129 Å². The number of pyridine rings is 1. The Hall–Kier alpha value is -1.43. The van der Waals surface area contributed by atoms with Crippen LogP contribution in [-0.2, 0) is 19.2 Å². The Morgan fingerprint density at radius 1 is 1.29 bits per heavy atom. The van der Waals surface area contributed by atoms with Crippen LogP contribution in [0, 0.1) is 0 Å². The van der Waals surface area contributed by atoms with Crippen molar-refractivity contribution in [3.63, 3.8) is 0 Å². The number of halogens is 1. The van der Waals surface area contributed by atoms with E-state index in [1.165, 1.54) is 0 Å². The van der Waals surface area contributed by atoms with Crippen LogP contribution in [0.2, 0.25) is 5.02 Å². The molecule has 1 fully saturated rings. The fraction of sp³-hybridized carbons (Fsp3) is 0.467. The van der Waals surface area contributed by atoms with Crippen molar-refractivity contribution in [1.29, 1.82) is 0 Å². The second-order valence-electron chi connectivity index (χ2n) is 5.61. The van der Waals surface area contributed by atoms with Gasteiger partial charge in [-0.05, 0) is 30.5 Å². The van der Waals surface area contributed by atoms with E-state index in [4.69, 9.17) is 11.6 Å². The molecule has 1 aliphatic rings. The van der Waals surface area contributed by atoms with Crippen LogP contribution in [0.3, 0.4) is 0 Å². The van der Waals surface area contributed by atoms with Crippen LogP contribution in [0.1, 0.15) is 24.1 Å².